The van der Waals surface area contributed by atoms with Gasteiger partial charge in [0.1, 0.15) is 22.9 Å². The minimum absolute atomic E-state index is 0.0518. The first-order chi connectivity index (χ1) is 12.7. The second-order valence-corrected chi connectivity index (χ2v) is 7.35. The van der Waals surface area contributed by atoms with Crippen LogP contribution >= 0.6 is 11.8 Å². The van der Waals surface area contributed by atoms with Crippen molar-refractivity contribution in [2.45, 2.75) is 17.9 Å². The van der Waals surface area contributed by atoms with Crippen LogP contribution in [0, 0.1) is 0 Å². The zero-order valence-corrected chi connectivity index (χ0v) is 14.9. The maximum Gasteiger partial charge on any atom is 0.239 e. The van der Waals surface area contributed by atoms with Gasteiger partial charge in [0.2, 0.25) is 5.91 Å². The van der Waals surface area contributed by atoms with Gasteiger partial charge in [-0.05, 0) is 17.7 Å². The fraction of sp³-hybridized carbons (Fsp3) is 0.190. The largest absolute Gasteiger partial charge is 0.458 e. The topological polar surface area (TPSA) is 53.7 Å². The van der Waals surface area contributed by atoms with E-state index in [4.69, 9.17) is 4.42 Å². The van der Waals surface area contributed by atoms with E-state index in [1.54, 1.807) is 11.0 Å². The van der Waals surface area contributed by atoms with Gasteiger partial charge in [-0.25, -0.2) is 0 Å². The van der Waals surface area contributed by atoms with E-state index in [2.05, 4.69) is 0 Å². The highest BCUT2D eigenvalue weighted by atomic mass is 32.2. The molecule has 0 saturated carbocycles. The number of carbonyl (C=O) groups excluding carboxylic acids is 1. The quantitative estimate of drug-likeness (QED) is 0.740. The third-order valence-corrected chi connectivity index (χ3v) is 5.72. The highest BCUT2D eigenvalue weighted by Gasteiger charge is 2.39. The Labute approximate surface area is 156 Å². The number of hydrogen-bond acceptors (Lipinski definition) is 4. The Morgan fingerprint density at radius 3 is 2.46 bits per heavy atom. The van der Waals surface area contributed by atoms with Crippen molar-refractivity contribution in [2.24, 2.45) is 0 Å². The van der Waals surface area contributed by atoms with Crippen LogP contribution in [0.15, 0.2) is 77.2 Å². The van der Waals surface area contributed by atoms with Gasteiger partial charge in [-0.3, -0.25) is 4.79 Å². The summed E-state index contributed by atoms with van der Waals surface area (Å²) in [5.74, 6) is 1.64. The van der Waals surface area contributed by atoms with Gasteiger partial charge in [0, 0.05) is 12.1 Å². The Morgan fingerprint density at radius 1 is 1.04 bits per heavy atom. The molecule has 1 saturated heterocycles. The molecule has 0 radical (unpaired) electrons. The first-order valence-corrected chi connectivity index (χ1v) is 9.55. The summed E-state index contributed by atoms with van der Waals surface area (Å²) in [6, 6.07) is 23.2. The van der Waals surface area contributed by atoms with E-state index in [0.717, 1.165) is 11.1 Å². The Bertz CT molecular complexity index is 879. The van der Waals surface area contributed by atoms with E-state index in [1.165, 1.54) is 11.8 Å². The van der Waals surface area contributed by atoms with Crippen molar-refractivity contribution >= 4 is 17.7 Å². The minimum Gasteiger partial charge on any atom is -0.458 e. The Kier molecular flexibility index (Phi) is 4.82. The lowest BCUT2D eigenvalue weighted by Gasteiger charge is -2.17. The zero-order chi connectivity index (χ0) is 17.9. The molecule has 3 aromatic rings. The summed E-state index contributed by atoms with van der Waals surface area (Å²) >= 11 is 1.45. The monoisotopic (exact) mass is 365 g/mol. The van der Waals surface area contributed by atoms with Crippen molar-refractivity contribution < 1.29 is 14.3 Å². The summed E-state index contributed by atoms with van der Waals surface area (Å²) in [7, 11) is 0. The minimum atomic E-state index is -0.953. The van der Waals surface area contributed by atoms with Gasteiger partial charge in [0.15, 0.2) is 0 Å². The van der Waals surface area contributed by atoms with Crippen LogP contribution in [0.1, 0.15) is 17.4 Å². The van der Waals surface area contributed by atoms with Crippen molar-refractivity contribution in [3.05, 3.63) is 84.1 Å². The molecule has 0 spiro atoms. The molecule has 0 aliphatic carbocycles. The number of aliphatic hydroxyl groups is 1. The molecule has 1 fully saturated rings. The molecule has 1 amide bonds. The maximum atomic E-state index is 12.7. The first kappa shape index (κ1) is 16.9. The van der Waals surface area contributed by atoms with Crippen molar-refractivity contribution in [2.75, 3.05) is 5.88 Å². The lowest BCUT2D eigenvalue weighted by molar-refractivity contribution is -0.131. The van der Waals surface area contributed by atoms with Crippen LogP contribution in [0.25, 0.3) is 11.3 Å². The number of rotatable bonds is 5. The summed E-state index contributed by atoms with van der Waals surface area (Å²) in [6.07, 6.45) is -0.953. The highest BCUT2D eigenvalue weighted by molar-refractivity contribution is 8.01. The summed E-state index contributed by atoms with van der Waals surface area (Å²) < 4.78 is 5.81. The van der Waals surface area contributed by atoms with Crippen LogP contribution in [0.3, 0.4) is 0 Å². The zero-order valence-electron chi connectivity index (χ0n) is 14.1. The molecule has 1 aliphatic rings. The van der Waals surface area contributed by atoms with Gasteiger partial charge in [0.25, 0.3) is 0 Å². The van der Waals surface area contributed by atoms with Gasteiger partial charge in [-0.15, -0.1) is 11.8 Å². The third-order valence-electron chi connectivity index (χ3n) is 4.44. The van der Waals surface area contributed by atoms with E-state index in [-0.39, 0.29) is 5.91 Å². The Hall–Kier alpha value is -2.50. The van der Waals surface area contributed by atoms with Crippen LogP contribution in [0.5, 0.6) is 0 Å². The predicted octanol–water partition coefficient (Wildman–Crippen LogP) is 4.08. The van der Waals surface area contributed by atoms with Gasteiger partial charge < -0.3 is 14.4 Å². The molecule has 132 valence electrons. The SMILES string of the molecule is O=C1C(C(O)c2ccc(-c3ccccc3)o2)SCN1Cc1ccccc1. The molecular formula is C21H19NO3S. The summed E-state index contributed by atoms with van der Waals surface area (Å²) in [5.41, 5.74) is 2.03. The summed E-state index contributed by atoms with van der Waals surface area (Å²) in [6.45, 7) is 0.559. The number of nitrogens with zero attached hydrogens (tertiary/aromatic N) is 1. The third kappa shape index (κ3) is 3.41. The number of aliphatic hydroxyl groups excluding tert-OH is 1. The Morgan fingerprint density at radius 2 is 1.73 bits per heavy atom. The molecule has 1 aromatic heterocycles. The number of benzene rings is 2. The lowest BCUT2D eigenvalue weighted by atomic mass is 10.1. The molecule has 2 aromatic carbocycles. The second kappa shape index (κ2) is 7.40. The molecule has 0 bridgehead atoms. The average Bonchev–Trinajstić information content (AvgIpc) is 3.31. The Balaban J connectivity index is 1.46. The van der Waals surface area contributed by atoms with Crippen LogP contribution in [-0.2, 0) is 11.3 Å². The molecule has 1 N–H and O–H groups in total. The van der Waals surface area contributed by atoms with Gasteiger partial charge in [-0.2, -0.15) is 0 Å². The normalized spacial score (nSPS) is 18.3. The van der Waals surface area contributed by atoms with E-state index >= 15 is 0 Å². The second-order valence-electron chi connectivity index (χ2n) is 6.25. The van der Waals surface area contributed by atoms with Gasteiger partial charge in [0.05, 0.1) is 5.88 Å². The fourth-order valence-electron chi connectivity index (χ4n) is 3.06. The number of furan rings is 1. The van der Waals surface area contributed by atoms with Crippen LogP contribution in [0.2, 0.25) is 0 Å². The molecular weight excluding hydrogens is 346 g/mol. The van der Waals surface area contributed by atoms with E-state index < -0.39 is 11.4 Å². The number of hydrogen-bond donors (Lipinski definition) is 1. The molecule has 2 atom stereocenters. The predicted molar refractivity (Wildman–Crippen MR) is 102 cm³/mol. The van der Waals surface area contributed by atoms with Gasteiger partial charge >= 0.3 is 0 Å². The maximum absolute atomic E-state index is 12.7. The van der Waals surface area contributed by atoms with E-state index in [0.29, 0.717) is 23.9 Å². The van der Waals surface area contributed by atoms with Crippen molar-refractivity contribution in [3.63, 3.8) is 0 Å². The first-order valence-electron chi connectivity index (χ1n) is 8.50. The van der Waals surface area contributed by atoms with Crippen molar-refractivity contribution in [1.29, 1.82) is 0 Å². The van der Waals surface area contributed by atoms with Gasteiger partial charge in [-0.1, -0.05) is 60.7 Å². The number of amides is 1. The smallest absolute Gasteiger partial charge is 0.239 e. The van der Waals surface area contributed by atoms with Crippen molar-refractivity contribution in [1.82, 2.24) is 4.90 Å². The molecule has 2 unspecified atom stereocenters. The van der Waals surface area contributed by atoms with E-state index in [1.807, 2.05) is 66.7 Å². The average molecular weight is 365 g/mol. The highest BCUT2D eigenvalue weighted by Crippen LogP contribution is 2.36. The standard InChI is InChI=1S/C21H19NO3S/c23-19(18-12-11-17(25-18)16-9-5-2-6-10-16)20-21(24)22(14-26-20)13-15-7-3-1-4-8-15/h1-12,19-20,23H,13-14H2. The van der Waals surface area contributed by atoms with E-state index in [9.17, 15) is 9.90 Å². The fourth-order valence-corrected chi connectivity index (χ4v) is 4.22. The molecule has 2 heterocycles. The summed E-state index contributed by atoms with van der Waals surface area (Å²) in [5, 5.41) is 10.1. The molecule has 1 aliphatic heterocycles. The summed E-state index contributed by atoms with van der Waals surface area (Å²) in [4.78, 5) is 14.5. The molecule has 5 heteroatoms. The molecule has 4 rings (SSSR count). The number of carbonyl (C=O) groups is 1. The van der Waals surface area contributed by atoms with Crippen LogP contribution in [0.4, 0.5) is 0 Å². The lowest BCUT2D eigenvalue weighted by Crippen LogP contribution is -2.31. The molecule has 4 nitrogen and oxygen atoms in total. The van der Waals surface area contributed by atoms with Crippen LogP contribution in [-0.4, -0.2) is 27.0 Å². The van der Waals surface area contributed by atoms with Crippen LogP contribution < -0.4 is 0 Å². The van der Waals surface area contributed by atoms with Crippen molar-refractivity contribution in [3.8, 4) is 11.3 Å². The number of thioether (sulfide) groups is 1. The molecule has 26 heavy (non-hydrogen) atoms.